The third-order valence-electron chi connectivity index (χ3n) is 5.00. The largest absolute Gasteiger partial charge is 0.341 e. The molecule has 2 fully saturated rings. The molecular weight excluding hydrogens is 268 g/mol. The van der Waals surface area contributed by atoms with E-state index in [1.165, 1.54) is 23.3 Å². The smallest absolute Gasteiger partial charge is 0.236 e. The van der Waals surface area contributed by atoms with Gasteiger partial charge in [-0.05, 0) is 37.4 Å². The summed E-state index contributed by atoms with van der Waals surface area (Å²) in [6.45, 7) is 4.13. The average Bonchev–Trinajstić information content (AvgIpc) is 3.19. The Morgan fingerprint density at radius 3 is 3.05 bits per heavy atom. The molecule has 1 N–H and O–H groups in total. The van der Waals surface area contributed by atoms with Crippen molar-refractivity contribution in [1.29, 1.82) is 0 Å². The lowest BCUT2D eigenvalue weighted by atomic mass is 9.86. The van der Waals surface area contributed by atoms with Gasteiger partial charge >= 0.3 is 0 Å². The molecule has 0 aromatic heterocycles. The van der Waals surface area contributed by atoms with Crippen molar-refractivity contribution in [3.05, 3.63) is 29.8 Å². The summed E-state index contributed by atoms with van der Waals surface area (Å²) in [5.41, 5.74) is 1.72. The number of rotatable bonds is 1. The van der Waals surface area contributed by atoms with Gasteiger partial charge < -0.3 is 10.2 Å². The molecule has 0 aliphatic carbocycles. The number of benzene rings is 1. The fourth-order valence-electron chi connectivity index (χ4n) is 3.79. The first-order valence-electron chi connectivity index (χ1n) is 7.50. The summed E-state index contributed by atoms with van der Waals surface area (Å²) in [6, 6.07) is 8.43. The van der Waals surface area contributed by atoms with Crippen molar-refractivity contribution in [1.82, 2.24) is 10.2 Å². The van der Waals surface area contributed by atoms with Crippen LogP contribution in [-0.2, 0) is 11.2 Å². The second-order valence-electron chi connectivity index (χ2n) is 6.35. The molecule has 1 spiro atoms. The van der Waals surface area contributed by atoms with Gasteiger partial charge in [-0.15, -0.1) is 11.8 Å². The van der Waals surface area contributed by atoms with Crippen molar-refractivity contribution < 1.29 is 4.79 Å². The third-order valence-corrected chi connectivity index (χ3v) is 6.31. The normalized spacial score (nSPS) is 32.0. The summed E-state index contributed by atoms with van der Waals surface area (Å²) in [4.78, 5) is 16.2. The SMILES string of the molecule is O=C(C1Cc2ccccc2S1)N1CCC2(CCNC2)C1. The second kappa shape index (κ2) is 4.78. The molecule has 1 aromatic carbocycles. The Kier molecular flexibility index (Phi) is 3.04. The highest BCUT2D eigenvalue weighted by Crippen LogP contribution is 2.41. The average molecular weight is 288 g/mol. The number of amides is 1. The van der Waals surface area contributed by atoms with Crippen LogP contribution in [0.3, 0.4) is 0 Å². The Morgan fingerprint density at radius 1 is 1.35 bits per heavy atom. The van der Waals surface area contributed by atoms with Crippen molar-refractivity contribution in [2.75, 3.05) is 26.2 Å². The Morgan fingerprint density at radius 2 is 2.25 bits per heavy atom. The van der Waals surface area contributed by atoms with Gasteiger partial charge in [-0.25, -0.2) is 0 Å². The van der Waals surface area contributed by atoms with E-state index in [-0.39, 0.29) is 5.25 Å². The molecule has 20 heavy (non-hydrogen) atoms. The van der Waals surface area contributed by atoms with Crippen LogP contribution in [0.4, 0.5) is 0 Å². The zero-order valence-corrected chi connectivity index (χ0v) is 12.4. The molecule has 4 heteroatoms. The van der Waals surface area contributed by atoms with E-state index in [9.17, 15) is 4.79 Å². The van der Waals surface area contributed by atoms with Crippen molar-refractivity contribution in [3.8, 4) is 0 Å². The van der Waals surface area contributed by atoms with Gasteiger partial charge in [-0.1, -0.05) is 18.2 Å². The Labute approximate surface area is 124 Å². The van der Waals surface area contributed by atoms with Gasteiger partial charge in [0.2, 0.25) is 5.91 Å². The number of carbonyl (C=O) groups excluding carboxylic acids is 1. The van der Waals surface area contributed by atoms with E-state index in [0.29, 0.717) is 11.3 Å². The maximum atomic E-state index is 12.7. The summed E-state index contributed by atoms with van der Waals surface area (Å²) in [5.74, 6) is 0.356. The highest BCUT2D eigenvalue weighted by atomic mass is 32.2. The molecular formula is C16H20N2OS. The molecule has 3 aliphatic rings. The topological polar surface area (TPSA) is 32.3 Å². The van der Waals surface area contributed by atoms with Crippen LogP contribution in [0.2, 0.25) is 0 Å². The van der Waals surface area contributed by atoms with Gasteiger partial charge in [0, 0.05) is 29.9 Å². The van der Waals surface area contributed by atoms with Gasteiger partial charge in [0.25, 0.3) is 0 Å². The van der Waals surface area contributed by atoms with Crippen LogP contribution in [0.5, 0.6) is 0 Å². The third kappa shape index (κ3) is 2.06. The Bertz CT molecular complexity index is 514. The van der Waals surface area contributed by atoms with Crippen LogP contribution < -0.4 is 5.32 Å². The van der Waals surface area contributed by atoms with E-state index in [1.807, 2.05) is 0 Å². The Hall–Kier alpha value is -1.00. The van der Waals surface area contributed by atoms with Crippen molar-refractivity contribution >= 4 is 17.7 Å². The summed E-state index contributed by atoms with van der Waals surface area (Å²) in [6.07, 6.45) is 3.31. The molecule has 106 valence electrons. The van der Waals surface area contributed by atoms with E-state index < -0.39 is 0 Å². The van der Waals surface area contributed by atoms with E-state index in [0.717, 1.165) is 32.6 Å². The quantitative estimate of drug-likeness (QED) is 0.857. The molecule has 0 saturated carbocycles. The molecule has 3 heterocycles. The maximum Gasteiger partial charge on any atom is 0.236 e. The van der Waals surface area contributed by atoms with E-state index in [1.54, 1.807) is 11.8 Å². The number of hydrogen-bond acceptors (Lipinski definition) is 3. The molecule has 0 radical (unpaired) electrons. The first-order chi connectivity index (χ1) is 9.76. The standard InChI is InChI=1S/C16H20N2OS/c19-15(14-9-12-3-1-2-4-13(12)20-14)18-8-6-16(11-18)5-7-17-10-16/h1-4,14,17H,5-11H2. The highest BCUT2D eigenvalue weighted by molar-refractivity contribution is 8.01. The van der Waals surface area contributed by atoms with Crippen LogP contribution in [0.15, 0.2) is 29.2 Å². The molecule has 2 saturated heterocycles. The second-order valence-corrected chi connectivity index (χ2v) is 7.60. The molecule has 3 nitrogen and oxygen atoms in total. The minimum absolute atomic E-state index is 0.108. The van der Waals surface area contributed by atoms with Gasteiger partial charge in [-0.2, -0.15) is 0 Å². The van der Waals surface area contributed by atoms with E-state index in [2.05, 4.69) is 34.5 Å². The monoisotopic (exact) mass is 288 g/mol. The van der Waals surface area contributed by atoms with E-state index in [4.69, 9.17) is 0 Å². The first-order valence-corrected chi connectivity index (χ1v) is 8.38. The van der Waals surface area contributed by atoms with Crippen LogP contribution >= 0.6 is 11.8 Å². The van der Waals surface area contributed by atoms with Crippen molar-refractivity contribution in [2.24, 2.45) is 5.41 Å². The number of nitrogens with one attached hydrogen (secondary N) is 1. The predicted octanol–water partition coefficient (Wildman–Crippen LogP) is 1.92. The van der Waals surface area contributed by atoms with Crippen LogP contribution in [-0.4, -0.2) is 42.2 Å². The van der Waals surface area contributed by atoms with Gasteiger partial charge in [0.05, 0.1) is 5.25 Å². The summed E-state index contributed by atoms with van der Waals surface area (Å²) in [5, 5.41) is 3.56. The Balaban J connectivity index is 1.45. The van der Waals surface area contributed by atoms with Gasteiger partial charge in [0.15, 0.2) is 0 Å². The molecule has 0 bridgehead atoms. The first kappa shape index (κ1) is 12.7. The predicted molar refractivity (Wildman–Crippen MR) is 80.9 cm³/mol. The molecule has 4 rings (SSSR count). The molecule has 1 amide bonds. The van der Waals surface area contributed by atoms with Gasteiger partial charge in [0.1, 0.15) is 0 Å². The van der Waals surface area contributed by atoms with Crippen molar-refractivity contribution in [3.63, 3.8) is 0 Å². The summed E-state index contributed by atoms with van der Waals surface area (Å²) < 4.78 is 0. The summed E-state index contributed by atoms with van der Waals surface area (Å²) >= 11 is 1.76. The number of carbonyl (C=O) groups is 1. The van der Waals surface area contributed by atoms with Crippen LogP contribution in [0.25, 0.3) is 0 Å². The number of hydrogen-bond donors (Lipinski definition) is 1. The lowest BCUT2D eigenvalue weighted by Crippen LogP contribution is -2.38. The zero-order valence-electron chi connectivity index (χ0n) is 11.6. The fourth-order valence-corrected chi connectivity index (χ4v) is 5.07. The molecule has 2 atom stereocenters. The van der Waals surface area contributed by atoms with Crippen molar-refractivity contribution in [2.45, 2.75) is 29.4 Å². The molecule has 1 aromatic rings. The van der Waals surface area contributed by atoms with Crippen LogP contribution in [0, 0.1) is 5.41 Å². The zero-order chi connectivity index (χ0) is 13.6. The summed E-state index contributed by atoms with van der Waals surface area (Å²) in [7, 11) is 0. The van der Waals surface area contributed by atoms with Crippen LogP contribution in [0.1, 0.15) is 18.4 Å². The highest BCUT2D eigenvalue weighted by Gasteiger charge is 2.43. The number of thioether (sulfide) groups is 1. The number of nitrogens with zero attached hydrogens (tertiary/aromatic N) is 1. The lowest BCUT2D eigenvalue weighted by molar-refractivity contribution is -0.129. The minimum atomic E-state index is 0.108. The van der Waals surface area contributed by atoms with E-state index >= 15 is 0 Å². The number of fused-ring (bicyclic) bond motifs is 1. The van der Waals surface area contributed by atoms with Gasteiger partial charge in [-0.3, -0.25) is 4.79 Å². The lowest BCUT2D eigenvalue weighted by Gasteiger charge is -2.24. The molecule has 2 unspecified atom stereocenters. The molecule has 3 aliphatic heterocycles. The number of likely N-dealkylation sites (tertiary alicyclic amines) is 1. The maximum absolute atomic E-state index is 12.7. The minimum Gasteiger partial charge on any atom is -0.341 e. The fraction of sp³-hybridized carbons (Fsp3) is 0.562.